The Morgan fingerprint density at radius 3 is 3.08 bits per heavy atom. The van der Waals surface area contributed by atoms with Crippen molar-refractivity contribution < 1.29 is 9.13 Å². The first-order valence-corrected chi connectivity index (χ1v) is 4.44. The maximum atomic E-state index is 13.3. The summed E-state index contributed by atoms with van der Waals surface area (Å²) in [5, 5.41) is 0.0767. The number of ether oxygens (including phenoxy) is 1. The van der Waals surface area contributed by atoms with E-state index in [1.807, 2.05) is 0 Å². The van der Waals surface area contributed by atoms with Gasteiger partial charge in [0.1, 0.15) is 0 Å². The number of benzene rings is 1. The van der Waals surface area contributed by atoms with E-state index in [0.29, 0.717) is 18.6 Å². The van der Waals surface area contributed by atoms with E-state index in [2.05, 4.69) is 0 Å². The van der Waals surface area contributed by atoms with Crippen LogP contribution in [0.5, 0.6) is 5.75 Å². The minimum atomic E-state index is -0.505. The van der Waals surface area contributed by atoms with Gasteiger partial charge in [-0.15, -0.1) is 0 Å². The van der Waals surface area contributed by atoms with Crippen LogP contribution in [0.3, 0.4) is 0 Å². The summed E-state index contributed by atoms with van der Waals surface area (Å²) in [4.78, 5) is 0. The first-order chi connectivity index (χ1) is 6.20. The molecule has 0 spiro atoms. The van der Waals surface area contributed by atoms with E-state index in [1.165, 1.54) is 6.07 Å². The minimum absolute atomic E-state index is 0.0767. The third-order valence-corrected chi connectivity index (χ3v) is 2.45. The van der Waals surface area contributed by atoms with Crippen LogP contribution in [-0.4, -0.2) is 6.61 Å². The Labute approximate surface area is 80.4 Å². The normalized spacial score (nSPS) is 20.7. The van der Waals surface area contributed by atoms with E-state index in [9.17, 15) is 4.39 Å². The molecule has 0 unspecified atom stereocenters. The number of hydrogen-bond donors (Lipinski definition) is 1. The average molecular weight is 202 g/mol. The summed E-state index contributed by atoms with van der Waals surface area (Å²) in [6, 6.07) is 3.07. The lowest BCUT2D eigenvalue weighted by Gasteiger charge is -2.23. The predicted octanol–water partition coefficient (Wildman–Crippen LogP) is 2.26. The van der Waals surface area contributed by atoms with Gasteiger partial charge in [0.15, 0.2) is 11.6 Å². The van der Waals surface area contributed by atoms with Gasteiger partial charge in [-0.2, -0.15) is 0 Å². The first-order valence-electron chi connectivity index (χ1n) is 4.06. The molecule has 1 aliphatic rings. The maximum absolute atomic E-state index is 13.3. The molecular weight excluding hydrogens is 193 g/mol. The van der Waals surface area contributed by atoms with E-state index in [4.69, 9.17) is 22.1 Å². The predicted molar refractivity (Wildman–Crippen MR) is 48.5 cm³/mol. The molecule has 1 aromatic rings. The molecule has 1 atom stereocenters. The Kier molecular flexibility index (Phi) is 2.14. The van der Waals surface area contributed by atoms with Gasteiger partial charge in [0.2, 0.25) is 0 Å². The Morgan fingerprint density at radius 1 is 1.54 bits per heavy atom. The molecule has 13 heavy (non-hydrogen) atoms. The highest BCUT2D eigenvalue weighted by Crippen LogP contribution is 2.35. The van der Waals surface area contributed by atoms with E-state index in [-0.39, 0.29) is 16.8 Å². The fourth-order valence-electron chi connectivity index (χ4n) is 1.43. The SMILES string of the molecule is N[C@@H]1CCOc2c1ccc(Cl)c2F. The molecular formula is C9H9ClFNO. The third-order valence-electron chi connectivity index (χ3n) is 2.16. The van der Waals surface area contributed by atoms with Crippen molar-refractivity contribution in [1.29, 1.82) is 0 Å². The number of hydrogen-bond acceptors (Lipinski definition) is 2. The molecule has 1 heterocycles. The van der Waals surface area contributed by atoms with Crippen LogP contribution in [0.15, 0.2) is 12.1 Å². The Morgan fingerprint density at radius 2 is 2.31 bits per heavy atom. The van der Waals surface area contributed by atoms with Gasteiger partial charge in [-0.1, -0.05) is 17.7 Å². The second-order valence-electron chi connectivity index (χ2n) is 3.02. The highest BCUT2D eigenvalue weighted by Gasteiger charge is 2.22. The van der Waals surface area contributed by atoms with E-state index < -0.39 is 5.82 Å². The Bertz CT molecular complexity index is 343. The molecule has 2 rings (SSSR count). The molecule has 0 radical (unpaired) electrons. The smallest absolute Gasteiger partial charge is 0.183 e. The second kappa shape index (κ2) is 3.16. The summed E-state index contributed by atoms with van der Waals surface area (Å²) in [7, 11) is 0. The lowest BCUT2D eigenvalue weighted by Crippen LogP contribution is -2.21. The monoisotopic (exact) mass is 201 g/mol. The topological polar surface area (TPSA) is 35.2 Å². The van der Waals surface area contributed by atoms with E-state index in [1.54, 1.807) is 6.07 Å². The van der Waals surface area contributed by atoms with Crippen molar-refractivity contribution in [3.8, 4) is 5.75 Å². The lowest BCUT2D eigenvalue weighted by molar-refractivity contribution is 0.255. The van der Waals surface area contributed by atoms with Crippen LogP contribution in [-0.2, 0) is 0 Å². The summed E-state index contributed by atoms with van der Waals surface area (Å²) in [5.74, 6) is -0.291. The summed E-state index contributed by atoms with van der Waals surface area (Å²) in [5.41, 5.74) is 6.48. The summed E-state index contributed by atoms with van der Waals surface area (Å²) in [6.45, 7) is 0.450. The van der Waals surface area contributed by atoms with Gasteiger partial charge >= 0.3 is 0 Å². The van der Waals surface area contributed by atoms with Crippen molar-refractivity contribution in [2.24, 2.45) is 5.73 Å². The van der Waals surface area contributed by atoms with Gasteiger partial charge in [-0.25, -0.2) is 4.39 Å². The first kappa shape index (κ1) is 8.78. The van der Waals surface area contributed by atoms with Crippen LogP contribution in [0.25, 0.3) is 0 Å². The Hall–Kier alpha value is -0.800. The molecule has 0 bridgehead atoms. The molecule has 0 amide bonds. The zero-order chi connectivity index (χ0) is 9.42. The van der Waals surface area contributed by atoms with Gasteiger partial charge in [0.25, 0.3) is 0 Å². The van der Waals surface area contributed by atoms with Crippen molar-refractivity contribution in [3.05, 3.63) is 28.5 Å². The van der Waals surface area contributed by atoms with Crippen LogP contribution < -0.4 is 10.5 Å². The van der Waals surface area contributed by atoms with Crippen LogP contribution in [0.4, 0.5) is 4.39 Å². The van der Waals surface area contributed by atoms with Crippen LogP contribution in [0.1, 0.15) is 18.0 Å². The third kappa shape index (κ3) is 1.38. The fourth-order valence-corrected chi connectivity index (χ4v) is 1.58. The van der Waals surface area contributed by atoms with E-state index >= 15 is 0 Å². The van der Waals surface area contributed by atoms with Gasteiger partial charge in [0.05, 0.1) is 11.6 Å². The molecule has 2 N–H and O–H groups in total. The number of rotatable bonds is 0. The maximum Gasteiger partial charge on any atom is 0.183 e. The molecule has 0 fully saturated rings. The summed E-state index contributed by atoms with van der Waals surface area (Å²) in [6.07, 6.45) is 0.716. The van der Waals surface area contributed by atoms with Crippen LogP contribution in [0, 0.1) is 5.82 Å². The molecule has 0 saturated heterocycles. The van der Waals surface area contributed by atoms with Gasteiger partial charge < -0.3 is 10.5 Å². The Balaban J connectivity index is 2.56. The second-order valence-corrected chi connectivity index (χ2v) is 3.43. The van der Waals surface area contributed by atoms with Crippen molar-refractivity contribution in [2.75, 3.05) is 6.61 Å². The van der Waals surface area contributed by atoms with Crippen molar-refractivity contribution in [2.45, 2.75) is 12.5 Å². The van der Waals surface area contributed by atoms with Crippen molar-refractivity contribution in [1.82, 2.24) is 0 Å². The highest BCUT2D eigenvalue weighted by molar-refractivity contribution is 6.30. The van der Waals surface area contributed by atoms with Gasteiger partial charge in [-0.05, 0) is 6.07 Å². The molecule has 0 aromatic heterocycles. The standard InChI is InChI=1S/C9H9ClFNO/c10-6-2-1-5-7(12)3-4-13-9(5)8(6)11/h1-2,7H,3-4,12H2/t7-/m1/s1. The molecule has 0 saturated carbocycles. The zero-order valence-corrected chi connectivity index (χ0v) is 7.64. The van der Waals surface area contributed by atoms with E-state index in [0.717, 1.165) is 0 Å². The van der Waals surface area contributed by atoms with Crippen LogP contribution in [0.2, 0.25) is 5.02 Å². The molecule has 0 aliphatic carbocycles. The number of fused-ring (bicyclic) bond motifs is 1. The molecule has 4 heteroatoms. The molecule has 2 nitrogen and oxygen atoms in total. The molecule has 1 aliphatic heterocycles. The van der Waals surface area contributed by atoms with Gasteiger partial charge in [0, 0.05) is 18.0 Å². The summed E-state index contributed by atoms with van der Waals surface area (Å²) >= 11 is 5.60. The number of nitrogens with two attached hydrogens (primary N) is 1. The average Bonchev–Trinajstić information content (AvgIpc) is 2.12. The number of halogens is 2. The fraction of sp³-hybridized carbons (Fsp3) is 0.333. The van der Waals surface area contributed by atoms with Crippen LogP contribution >= 0.6 is 11.6 Å². The quantitative estimate of drug-likeness (QED) is 0.699. The summed E-state index contributed by atoms with van der Waals surface area (Å²) < 4.78 is 18.5. The largest absolute Gasteiger partial charge is 0.490 e. The lowest BCUT2D eigenvalue weighted by atomic mass is 10.0. The molecule has 1 aromatic carbocycles. The van der Waals surface area contributed by atoms with Crippen molar-refractivity contribution in [3.63, 3.8) is 0 Å². The van der Waals surface area contributed by atoms with Crippen molar-refractivity contribution >= 4 is 11.6 Å². The van der Waals surface area contributed by atoms with Gasteiger partial charge in [-0.3, -0.25) is 0 Å². The molecule has 70 valence electrons. The zero-order valence-electron chi connectivity index (χ0n) is 6.89. The minimum Gasteiger partial charge on any atom is -0.490 e. The highest BCUT2D eigenvalue weighted by atomic mass is 35.5.